The topological polar surface area (TPSA) is 66.7 Å². The van der Waals surface area contributed by atoms with Crippen LogP contribution in [0.15, 0.2) is 71.2 Å². The first-order valence-corrected chi connectivity index (χ1v) is 7.38. The fourth-order valence-corrected chi connectivity index (χ4v) is 2.84. The molecule has 0 aromatic heterocycles. The second-order valence-electron chi connectivity index (χ2n) is 4.56. The van der Waals surface area contributed by atoms with Gasteiger partial charge in [-0.1, -0.05) is 48.5 Å². The number of nitrogens with zero attached hydrogens (tertiary/aromatic N) is 1. The van der Waals surface area contributed by atoms with Crippen molar-refractivity contribution in [2.75, 3.05) is 0 Å². The number of hydrogen-bond acceptors (Lipinski definition) is 5. The largest absolute Gasteiger partial charge is 0.506 e. The molecule has 1 aliphatic rings. The third-order valence-corrected chi connectivity index (χ3v) is 3.95. The van der Waals surface area contributed by atoms with E-state index in [0.29, 0.717) is 11.3 Å². The van der Waals surface area contributed by atoms with Gasteiger partial charge in [0.2, 0.25) is 5.78 Å². The average molecular weight is 309 g/mol. The maximum Gasteiger partial charge on any atom is 0.266 e. The zero-order chi connectivity index (χ0) is 15.5. The second kappa shape index (κ2) is 5.99. The number of carbonyl (C=O) groups excluding carboxylic acids is 2. The Bertz CT molecular complexity index is 795. The zero-order valence-electron chi connectivity index (χ0n) is 11.4. The highest BCUT2D eigenvalue weighted by atomic mass is 32.2. The Hall–Kier alpha value is -2.66. The first kappa shape index (κ1) is 14.3. The van der Waals surface area contributed by atoms with Crippen LogP contribution in [0.25, 0.3) is 5.76 Å². The number of thioether (sulfide) groups is 1. The molecule has 2 aromatic carbocycles. The third-order valence-electron chi connectivity index (χ3n) is 3.09. The van der Waals surface area contributed by atoms with E-state index < -0.39 is 10.9 Å². The molecule has 108 valence electrons. The summed E-state index contributed by atoms with van der Waals surface area (Å²) >= 11 is 0.743. The Morgan fingerprint density at radius 1 is 0.909 bits per heavy atom. The minimum atomic E-state index is -0.721. The highest BCUT2D eigenvalue weighted by molar-refractivity contribution is 8.29. The van der Waals surface area contributed by atoms with Crippen molar-refractivity contribution in [3.8, 4) is 0 Å². The number of Topliss-reactive ketones (excluding diaryl/α,β-unsaturated/α-hetero) is 1. The molecular weight excluding hydrogens is 298 g/mol. The molecule has 1 fully saturated rings. The van der Waals surface area contributed by atoms with Crippen LogP contribution in [0.4, 0.5) is 5.69 Å². The first-order valence-electron chi connectivity index (χ1n) is 6.56. The van der Waals surface area contributed by atoms with Gasteiger partial charge in [-0.2, -0.15) is 0 Å². The number of aliphatic imine (C=N–C) groups is 1. The van der Waals surface area contributed by atoms with Gasteiger partial charge in [0.05, 0.1) is 5.69 Å². The Balaban J connectivity index is 2.12. The van der Waals surface area contributed by atoms with E-state index in [-0.39, 0.29) is 16.4 Å². The van der Waals surface area contributed by atoms with Gasteiger partial charge in [-0.15, -0.1) is 0 Å². The molecule has 0 spiro atoms. The predicted molar refractivity (Wildman–Crippen MR) is 87.1 cm³/mol. The number of hydrogen-bond donors (Lipinski definition) is 1. The van der Waals surface area contributed by atoms with Crippen LogP contribution < -0.4 is 0 Å². The number of para-hydroxylation sites is 1. The van der Waals surface area contributed by atoms with Crippen LogP contribution in [0.3, 0.4) is 0 Å². The quantitative estimate of drug-likeness (QED) is 0.523. The summed E-state index contributed by atoms with van der Waals surface area (Å²) in [6.45, 7) is 0. The molecule has 0 aliphatic carbocycles. The van der Waals surface area contributed by atoms with Gasteiger partial charge in [-0.25, -0.2) is 4.99 Å². The third kappa shape index (κ3) is 2.71. The summed E-state index contributed by atoms with van der Waals surface area (Å²) in [7, 11) is 0. The molecular formula is C17H11NO3S. The van der Waals surface area contributed by atoms with E-state index >= 15 is 0 Å². The van der Waals surface area contributed by atoms with Gasteiger partial charge < -0.3 is 5.11 Å². The summed E-state index contributed by atoms with van der Waals surface area (Å²) in [5.41, 5.74) is 1.05. The van der Waals surface area contributed by atoms with Gasteiger partial charge in [0, 0.05) is 5.56 Å². The minimum Gasteiger partial charge on any atom is -0.506 e. The van der Waals surface area contributed by atoms with E-state index in [9.17, 15) is 14.7 Å². The highest BCUT2D eigenvalue weighted by Crippen LogP contribution is 2.32. The van der Waals surface area contributed by atoms with Gasteiger partial charge in [0.15, 0.2) is 0 Å². The van der Waals surface area contributed by atoms with Crippen LogP contribution in [-0.2, 0) is 9.59 Å². The standard InChI is InChI=1S/C17H11NO3S/c19-14(11-7-3-1-4-8-11)13-15(20)17(21)22-16(13)18-12-9-5-2-6-10-12/h1-10,19H/b14-13+,18-16?. The summed E-state index contributed by atoms with van der Waals surface area (Å²) in [5, 5.41) is 9.96. The second-order valence-corrected chi connectivity index (χ2v) is 5.52. The Labute approximate surface area is 131 Å². The SMILES string of the molecule is O=C1SC(=Nc2ccccc2)/C(=C(/O)c2ccccc2)C1=O. The van der Waals surface area contributed by atoms with Crippen molar-refractivity contribution in [2.45, 2.75) is 0 Å². The maximum absolute atomic E-state index is 12.1. The van der Waals surface area contributed by atoms with E-state index in [1.165, 1.54) is 0 Å². The lowest BCUT2D eigenvalue weighted by Crippen LogP contribution is -2.08. The molecule has 1 N–H and O–H groups in total. The van der Waals surface area contributed by atoms with Crippen molar-refractivity contribution >= 4 is 39.2 Å². The molecule has 3 rings (SSSR count). The lowest BCUT2D eigenvalue weighted by atomic mass is 10.1. The number of ketones is 1. The highest BCUT2D eigenvalue weighted by Gasteiger charge is 2.37. The van der Waals surface area contributed by atoms with E-state index in [2.05, 4.69) is 4.99 Å². The number of rotatable bonds is 2. The Kier molecular flexibility index (Phi) is 3.89. The monoisotopic (exact) mass is 309 g/mol. The fourth-order valence-electron chi connectivity index (χ4n) is 2.03. The molecule has 0 unspecified atom stereocenters. The number of benzene rings is 2. The lowest BCUT2D eigenvalue weighted by Gasteiger charge is -2.04. The molecule has 5 heteroatoms. The number of carbonyl (C=O) groups is 2. The summed E-state index contributed by atoms with van der Waals surface area (Å²) in [5.74, 6) is -0.945. The molecule has 0 amide bonds. The van der Waals surface area contributed by atoms with Crippen molar-refractivity contribution in [3.63, 3.8) is 0 Å². The van der Waals surface area contributed by atoms with Crippen molar-refractivity contribution in [2.24, 2.45) is 4.99 Å². The molecule has 1 saturated heterocycles. The maximum atomic E-state index is 12.1. The molecule has 1 aliphatic heterocycles. The molecule has 0 atom stereocenters. The van der Waals surface area contributed by atoms with Crippen molar-refractivity contribution in [1.82, 2.24) is 0 Å². The first-order chi connectivity index (χ1) is 10.7. The average Bonchev–Trinajstić information content (AvgIpc) is 2.83. The van der Waals surface area contributed by atoms with E-state index in [1.54, 1.807) is 42.5 Å². The van der Waals surface area contributed by atoms with Crippen LogP contribution in [-0.4, -0.2) is 21.0 Å². The van der Waals surface area contributed by atoms with Gasteiger partial charge in [0.1, 0.15) is 16.4 Å². The molecule has 22 heavy (non-hydrogen) atoms. The molecule has 4 nitrogen and oxygen atoms in total. The summed E-state index contributed by atoms with van der Waals surface area (Å²) < 4.78 is 0. The fraction of sp³-hybridized carbons (Fsp3) is 0. The van der Waals surface area contributed by atoms with Crippen LogP contribution in [0, 0.1) is 0 Å². The number of aliphatic hydroxyl groups is 1. The zero-order valence-corrected chi connectivity index (χ0v) is 12.2. The van der Waals surface area contributed by atoms with E-state index in [1.807, 2.05) is 18.2 Å². The van der Waals surface area contributed by atoms with E-state index in [4.69, 9.17) is 0 Å². The smallest absolute Gasteiger partial charge is 0.266 e. The summed E-state index contributed by atoms with van der Waals surface area (Å²) in [6.07, 6.45) is 0. The van der Waals surface area contributed by atoms with Crippen molar-refractivity contribution in [1.29, 1.82) is 0 Å². The summed E-state index contributed by atoms with van der Waals surface area (Å²) in [6, 6.07) is 17.6. The lowest BCUT2D eigenvalue weighted by molar-refractivity contribution is -0.128. The van der Waals surface area contributed by atoms with E-state index in [0.717, 1.165) is 11.8 Å². The molecule has 1 heterocycles. The summed E-state index contributed by atoms with van der Waals surface area (Å²) in [4.78, 5) is 28.1. The van der Waals surface area contributed by atoms with Crippen molar-refractivity contribution in [3.05, 3.63) is 71.8 Å². The van der Waals surface area contributed by atoms with Crippen LogP contribution >= 0.6 is 11.8 Å². The number of aliphatic hydroxyl groups excluding tert-OH is 1. The van der Waals surface area contributed by atoms with Crippen LogP contribution in [0.2, 0.25) is 0 Å². The minimum absolute atomic E-state index is 0.0370. The Morgan fingerprint density at radius 3 is 2.14 bits per heavy atom. The molecule has 0 saturated carbocycles. The van der Waals surface area contributed by atoms with Gasteiger partial charge >= 0.3 is 0 Å². The molecule has 0 bridgehead atoms. The van der Waals surface area contributed by atoms with Crippen molar-refractivity contribution < 1.29 is 14.7 Å². The van der Waals surface area contributed by atoms with Gasteiger partial charge in [0.25, 0.3) is 5.12 Å². The molecule has 0 radical (unpaired) electrons. The predicted octanol–water partition coefficient (Wildman–Crippen LogP) is 3.53. The van der Waals surface area contributed by atoms with Crippen LogP contribution in [0.1, 0.15) is 5.56 Å². The van der Waals surface area contributed by atoms with Gasteiger partial charge in [-0.3, -0.25) is 9.59 Å². The normalized spacial score (nSPS) is 18.8. The van der Waals surface area contributed by atoms with Gasteiger partial charge in [-0.05, 0) is 23.9 Å². The van der Waals surface area contributed by atoms with Crippen LogP contribution in [0.5, 0.6) is 0 Å². The molecule has 2 aromatic rings. The Morgan fingerprint density at radius 2 is 1.50 bits per heavy atom.